The van der Waals surface area contributed by atoms with E-state index in [2.05, 4.69) is 29.8 Å². The molecule has 188 valence electrons. The van der Waals surface area contributed by atoms with E-state index in [1.165, 1.54) is 24.8 Å². The number of amides is 2. The van der Waals surface area contributed by atoms with Crippen molar-refractivity contribution in [3.8, 4) is 0 Å². The summed E-state index contributed by atoms with van der Waals surface area (Å²) in [7, 11) is 0. The van der Waals surface area contributed by atoms with Crippen molar-refractivity contribution >= 4 is 17.5 Å². The highest BCUT2D eigenvalue weighted by atomic mass is 16.2. The van der Waals surface area contributed by atoms with Crippen molar-refractivity contribution in [3.05, 3.63) is 41.0 Å². The van der Waals surface area contributed by atoms with E-state index < -0.39 is 0 Å². The number of nitrogens with zero attached hydrogens (tertiary/aromatic N) is 4. The van der Waals surface area contributed by atoms with Crippen LogP contribution >= 0.6 is 0 Å². The van der Waals surface area contributed by atoms with Gasteiger partial charge in [-0.3, -0.25) is 9.59 Å². The molecule has 0 radical (unpaired) electrons. The lowest BCUT2D eigenvalue weighted by atomic mass is 9.71. The van der Waals surface area contributed by atoms with Crippen molar-refractivity contribution in [2.45, 2.75) is 84.6 Å². The molecule has 7 heteroatoms. The molecule has 2 heterocycles. The molecule has 2 amide bonds. The van der Waals surface area contributed by atoms with Crippen molar-refractivity contribution in [3.63, 3.8) is 0 Å². The molecule has 2 saturated carbocycles. The summed E-state index contributed by atoms with van der Waals surface area (Å²) in [6.07, 6.45) is 5.93. The third-order valence-corrected chi connectivity index (χ3v) is 8.14. The van der Waals surface area contributed by atoms with Gasteiger partial charge in [-0.2, -0.15) is 0 Å². The zero-order chi connectivity index (χ0) is 24.9. The van der Waals surface area contributed by atoms with Crippen LogP contribution in [-0.2, 0) is 9.59 Å². The van der Waals surface area contributed by atoms with Crippen molar-refractivity contribution < 1.29 is 9.59 Å². The Morgan fingerprint density at radius 3 is 2.43 bits per heavy atom. The molecular weight excluding hydrogens is 438 g/mol. The first kappa shape index (κ1) is 24.0. The van der Waals surface area contributed by atoms with E-state index in [1.54, 1.807) is 11.8 Å². The number of benzene rings is 1. The summed E-state index contributed by atoms with van der Waals surface area (Å²) >= 11 is 0. The van der Waals surface area contributed by atoms with Crippen LogP contribution in [0.3, 0.4) is 0 Å². The largest absolute Gasteiger partial charge is 0.341 e. The Labute approximate surface area is 208 Å². The van der Waals surface area contributed by atoms with E-state index in [9.17, 15) is 9.59 Å². The molecule has 3 aliphatic rings. The Bertz CT molecular complexity index is 1110. The Morgan fingerprint density at radius 2 is 1.80 bits per heavy atom. The molecule has 7 nitrogen and oxygen atoms in total. The summed E-state index contributed by atoms with van der Waals surface area (Å²) < 4.78 is 2.36. The van der Waals surface area contributed by atoms with Crippen LogP contribution in [0.15, 0.2) is 18.2 Å². The van der Waals surface area contributed by atoms with Gasteiger partial charge in [0.05, 0.1) is 11.8 Å². The van der Waals surface area contributed by atoms with E-state index >= 15 is 0 Å². The molecule has 1 aromatic heterocycles. The number of likely N-dealkylation sites (tertiary alicyclic amines) is 1. The van der Waals surface area contributed by atoms with Crippen LogP contribution in [-0.4, -0.2) is 44.6 Å². The van der Waals surface area contributed by atoms with Crippen LogP contribution in [0.2, 0.25) is 0 Å². The van der Waals surface area contributed by atoms with Gasteiger partial charge in [0.25, 0.3) is 0 Å². The fourth-order valence-corrected chi connectivity index (χ4v) is 6.13. The number of anilines is 1. The topological polar surface area (TPSA) is 80.1 Å². The summed E-state index contributed by atoms with van der Waals surface area (Å²) in [6, 6.07) is 6.49. The smallest absolute Gasteiger partial charge is 0.230 e. The molecule has 2 aromatic rings. The van der Waals surface area contributed by atoms with E-state index in [1.807, 2.05) is 26.0 Å². The fraction of sp³-hybridized carbons (Fsp3) is 0.643. The van der Waals surface area contributed by atoms with Crippen LogP contribution in [0.1, 0.15) is 93.5 Å². The second-order valence-electron chi connectivity index (χ2n) is 11.6. The van der Waals surface area contributed by atoms with Gasteiger partial charge in [0.15, 0.2) is 0 Å². The van der Waals surface area contributed by atoms with Gasteiger partial charge < -0.3 is 14.8 Å². The average Bonchev–Trinajstić information content (AvgIpc) is 3.35. The first-order valence-electron chi connectivity index (χ1n) is 13.3. The molecule has 3 fully saturated rings. The predicted molar refractivity (Wildman–Crippen MR) is 136 cm³/mol. The van der Waals surface area contributed by atoms with Gasteiger partial charge in [0.1, 0.15) is 11.6 Å². The number of aryl methyl sites for hydroxylation is 2. The van der Waals surface area contributed by atoms with Crippen LogP contribution in [0.5, 0.6) is 0 Å². The molecule has 1 N–H and O–H groups in total. The maximum Gasteiger partial charge on any atom is 0.230 e. The standard InChI is InChI=1S/C28H39N5O2/c1-16(2)10-20-12-21(13-20)26-30-31-27(33(26)22-7-8-22)23-14-32(19(5)34)15-24(23)28(35)29-25-9-6-17(3)11-18(25)4/h6,9,11,16,20-24H,7-8,10,12-15H2,1-5H3,(H,29,35)/t20?,21?,23-,24-/m1/s1. The maximum absolute atomic E-state index is 13.5. The minimum Gasteiger partial charge on any atom is -0.341 e. The minimum absolute atomic E-state index is 0.00467. The quantitative estimate of drug-likeness (QED) is 0.611. The summed E-state index contributed by atoms with van der Waals surface area (Å²) in [4.78, 5) is 27.7. The molecule has 0 bridgehead atoms. The molecular formula is C28H39N5O2. The summed E-state index contributed by atoms with van der Waals surface area (Å²) in [5.74, 6) is 3.46. The third kappa shape index (κ3) is 4.87. The third-order valence-electron chi connectivity index (χ3n) is 8.14. The Balaban J connectivity index is 1.40. The van der Waals surface area contributed by atoms with E-state index in [0.717, 1.165) is 47.6 Å². The van der Waals surface area contributed by atoms with E-state index in [4.69, 9.17) is 10.2 Å². The lowest BCUT2D eigenvalue weighted by Crippen LogP contribution is -2.31. The maximum atomic E-state index is 13.5. The number of hydrogen-bond acceptors (Lipinski definition) is 4. The van der Waals surface area contributed by atoms with Crippen molar-refractivity contribution in [2.75, 3.05) is 18.4 Å². The van der Waals surface area contributed by atoms with Gasteiger partial charge in [0.2, 0.25) is 11.8 Å². The van der Waals surface area contributed by atoms with E-state index in [0.29, 0.717) is 25.0 Å². The van der Waals surface area contributed by atoms with Gasteiger partial charge >= 0.3 is 0 Å². The minimum atomic E-state index is -0.343. The van der Waals surface area contributed by atoms with Gasteiger partial charge in [-0.25, -0.2) is 0 Å². The van der Waals surface area contributed by atoms with Gasteiger partial charge in [-0.05, 0) is 69.4 Å². The number of rotatable bonds is 7. The number of carbonyl (C=O) groups is 2. The number of aromatic nitrogens is 3. The second kappa shape index (κ2) is 9.40. The highest BCUT2D eigenvalue weighted by Crippen LogP contribution is 2.48. The number of carbonyl (C=O) groups excluding carboxylic acids is 2. The zero-order valence-corrected chi connectivity index (χ0v) is 21.8. The molecule has 1 saturated heterocycles. The highest BCUT2D eigenvalue weighted by Gasteiger charge is 2.45. The van der Waals surface area contributed by atoms with Crippen LogP contribution in [0, 0.1) is 31.6 Å². The Morgan fingerprint density at radius 1 is 1.09 bits per heavy atom. The van der Waals surface area contributed by atoms with Crippen molar-refractivity contribution in [2.24, 2.45) is 17.8 Å². The zero-order valence-electron chi connectivity index (χ0n) is 21.8. The van der Waals surface area contributed by atoms with Crippen LogP contribution < -0.4 is 5.32 Å². The number of nitrogens with one attached hydrogen (secondary N) is 1. The summed E-state index contributed by atoms with van der Waals surface area (Å²) in [5.41, 5.74) is 3.04. The summed E-state index contributed by atoms with van der Waals surface area (Å²) in [5, 5.41) is 12.6. The lowest BCUT2D eigenvalue weighted by molar-refractivity contribution is -0.128. The van der Waals surface area contributed by atoms with Gasteiger partial charge in [0, 0.05) is 37.7 Å². The monoisotopic (exact) mass is 477 g/mol. The molecule has 1 aromatic carbocycles. The first-order valence-corrected chi connectivity index (χ1v) is 13.3. The highest BCUT2D eigenvalue weighted by molar-refractivity contribution is 5.94. The van der Waals surface area contributed by atoms with Crippen molar-refractivity contribution in [1.29, 1.82) is 0 Å². The second-order valence-corrected chi connectivity index (χ2v) is 11.6. The molecule has 0 unspecified atom stereocenters. The average molecular weight is 478 g/mol. The molecule has 1 aliphatic heterocycles. The van der Waals surface area contributed by atoms with Crippen LogP contribution in [0.25, 0.3) is 0 Å². The normalized spacial score (nSPS) is 26.2. The first-order chi connectivity index (χ1) is 16.7. The molecule has 2 atom stereocenters. The fourth-order valence-electron chi connectivity index (χ4n) is 6.13. The summed E-state index contributed by atoms with van der Waals surface area (Å²) in [6.45, 7) is 11.2. The molecule has 2 aliphatic carbocycles. The van der Waals surface area contributed by atoms with Crippen LogP contribution in [0.4, 0.5) is 5.69 Å². The predicted octanol–water partition coefficient (Wildman–Crippen LogP) is 4.97. The van der Waals surface area contributed by atoms with E-state index in [-0.39, 0.29) is 23.7 Å². The Hall–Kier alpha value is -2.70. The molecule has 5 rings (SSSR count). The van der Waals surface area contributed by atoms with Gasteiger partial charge in [-0.1, -0.05) is 31.5 Å². The lowest BCUT2D eigenvalue weighted by Gasteiger charge is -2.36. The number of hydrogen-bond donors (Lipinski definition) is 1. The molecule has 0 spiro atoms. The SMILES string of the molecule is CC(=O)N1C[C@@H](C(=O)Nc2ccc(C)cc2C)[C@H](c2nnc(C3CC(CC(C)C)C3)n2C2CC2)C1. The Kier molecular flexibility index (Phi) is 6.45. The van der Waals surface area contributed by atoms with Crippen molar-refractivity contribution in [1.82, 2.24) is 19.7 Å². The van der Waals surface area contributed by atoms with Gasteiger partial charge in [-0.15, -0.1) is 10.2 Å². The molecule has 35 heavy (non-hydrogen) atoms.